The Hall–Kier alpha value is -0.640. The maximum absolute atomic E-state index is 13.3. The summed E-state index contributed by atoms with van der Waals surface area (Å²) in [5.41, 5.74) is 3.54. The lowest BCUT2D eigenvalue weighted by Crippen LogP contribution is -2.29. The summed E-state index contributed by atoms with van der Waals surface area (Å²) in [7, 11) is 3.70. The van der Waals surface area contributed by atoms with Gasteiger partial charge >= 0.3 is 0 Å². The number of nitrogens with zero attached hydrogens (tertiary/aromatic N) is 1. The van der Waals surface area contributed by atoms with Gasteiger partial charge in [-0.1, -0.05) is 23.7 Å². The molecule has 1 aromatic rings. The first-order valence-electron chi connectivity index (χ1n) is 3.95. The van der Waals surface area contributed by atoms with Crippen LogP contribution in [0, 0.1) is 5.82 Å². The topological polar surface area (TPSA) is 15.3 Å². The van der Waals surface area contributed by atoms with Gasteiger partial charge in [-0.05, 0) is 6.07 Å². The van der Waals surface area contributed by atoms with Crippen LogP contribution in [0.15, 0.2) is 18.2 Å². The number of hydrazine groups is 1. The Kier molecular flexibility index (Phi) is 3.66. The molecule has 72 valence electrons. The van der Waals surface area contributed by atoms with Gasteiger partial charge in [0.2, 0.25) is 0 Å². The van der Waals surface area contributed by atoms with Gasteiger partial charge in [0, 0.05) is 26.2 Å². The zero-order valence-corrected chi connectivity index (χ0v) is 8.40. The van der Waals surface area contributed by atoms with Gasteiger partial charge in [-0.15, -0.1) is 0 Å². The summed E-state index contributed by atoms with van der Waals surface area (Å²) in [4.78, 5) is 0. The summed E-state index contributed by atoms with van der Waals surface area (Å²) in [6.07, 6.45) is 0. The molecule has 2 nitrogen and oxygen atoms in total. The molecule has 0 aliphatic carbocycles. The Bertz CT molecular complexity index is 289. The number of rotatable bonds is 3. The van der Waals surface area contributed by atoms with Crippen molar-refractivity contribution in [2.45, 2.75) is 6.54 Å². The molecule has 0 radical (unpaired) electrons. The van der Waals surface area contributed by atoms with E-state index in [1.807, 2.05) is 14.1 Å². The molecule has 0 amide bonds. The zero-order chi connectivity index (χ0) is 9.84. The van der Waals surface area contributed by atoms with Crippen LogP contribution < -0.4 is 5.43 Å². The molecule has 4 heteroatoms. The highest BCUT2D eigenvalue weighted by molar-refractivity contribution is 6.30. The first-order chi connectivity index (χ1) is 6.11. The van der Waals surface area contributed by atoms with Crippen LogP contribution in [0.2, 0.25) is 5.02 Å². The number of hydrogen-bond donors (Lipinski definition) is 1. The molecule has 0 aromatic heterocycles. The molecule has 1 N–H and O–H groups in total. The highest BCUT2D eigenvalue weighted by Gasteiger charge is 2.05. The van der Waals surface area contributed by atoms with Crippen LogP contribution >= 0.6 is 11.6 Å². The number of hydrogen-bond acceptors (Lipinski definition) is 2. The van der Waals surface area contributed by atoms with E-state index in [0.29, 0.717) is 12.1 Å². The molecule has 0 aliphatic heterocycles. The van der Waals surface area contributed by atoms with E-state index in [2.05, 4.69) is 5.43 Å². The van der Waals surface area contributed by atoms with Gasteiger partial charge in [0.05, 0.1) is 5.02 Å². The number of halogens is 2. The van der Waals surface area contributed by atoms with Crippen LogP contribution in [0.1, 0.15) is 5.56 Å². The predicted octanol–water partition coefficient (Wildman–Crippen LogP) is 2.05. The lowest BCUT2D eigenvalue weighted by Gasteiger charge is -2.12. The fourth-order valence-electron chi connectivity index (χ4n) is 0.928. The van der Waals surface area contributed by atoms with E-state index in [9.17, 15) is 4.39 Å². The van der Waals surface area contributed by atoms with Crippen LogP contribution in [0.5, 0.6) is 0 Å². The second kappa shape index (κ2) is 4.56. The Morgan fingerprint density at radius 2 is 2.15 bits per heavy atom. The molecule has 0 saturated carbocycles. The number of benzene rings is 1. The smallest absolute Gasteiger partial charge is 0.146 e. The summed E-state index contributed by atoms with van der Waals surface area (Å²) < 4.78 is 13.3. The molecule has 1 aromatic carbocycles. The lowest BCUT2D eigenvalue weighted by molar-refractivity contribution is 0.283. The van der Waals surface area contributed by atoms with Crippen LogP contribution in [0.25, 0.3) is 0 Å². The quantitative estimate of drug-likeness (QED) is 0.755. The van der Waals surface area contributed by atoms with Crippen LogP contribution in [0.3, 0.4) is 0 Å². The van der Waals surface area contributed by atoms with Crippen LogP contribution in [-0.2, 0) is 6.54 Å². The monoisotopic (exact) mass is 202 g/mol. The Balaban J connectivity index is 2.71. The first-order valence-corrected chi connectivity index (χ1v) is 4.33. The molecule has 0 saturated heterocycles. The van der Waals surface area contributed by atoms with Crippen molar-refractivity contribution < 1.29 is 4.39 Å². The molecule has 0 aliphatic rings. The van der Waals surface area contributed by atoms with E-state index >= 15 is 0 Å². The van der Waals surface area contributed by atoms with E-state index in [0.717, 1.165) is 0 Å². The molecule has 0 fully saturated rings. The molecule has 0 unspecified atom stereocenters. The fourth-order valence-corrected chi connectivity index (χ4v) is 1.12. The van der Waals surface area contributed by atoms with Gasteiger partial charge in [0.1, 0.15) is 5.82 Å². The van der Waals surface area contributed by atoms with Gasteiger partial charge < -0.3 is 0 Å². The van der Waals surface area contributed by atoms with Gasteiger partial charge in [0.25, 0.3) is 0 Å². The Labute approximate surface area is 82.3 Å². The van der Waals surface area contributed by atoms with Crippen molar-refractivity contribution >= 4 is 11.6 Å². The summed E-state index contributed by atoms with van der Waals surface area (Å²) in [5.74, 6) is -0.349. The zero-order valence-electron chi connectivity index (χ0n) is 7.64. The van der Waals surface area contributed by atoms with Crippen LogP contribution in [-0.4, -0.2) is 19.1 Å². The van der Waals surface area contributed by atoms with Crippen molar-refractivity contribution in [3.05, 3.63) is 34.6 Å². The molecule has 0 heterocycles. The fraction of sp³-hybridized carbons (Fsp3) is 0.333. The van der Waals surface area contributed by atoms with E-state index in [1.54, 1.807) is 17.1 Å². The molecule has 0 atom stereocenters. The van der Waals surface area contributed by atoms with E-state index < -0.39 is 0 Å². The minimum Gasteiger partial charge on any atom is -0.251 e. The van der Waals surface area contributed by atoms with Crippen LogP contribution in [0.4, 0.5) is 4.39 Å². The summed E-state index contributed by atoms with van der Waals surface area (Å²) >= 11 is 5.61. The normalized spacial score (nSPS) is 10.8. The Morgan fingerprint density at radius 1 is 1.46 bits per heavy atom. The molecular formula is C9H12ClFN2. The first kappa shape index (κ1) is 10.4. The predicted molar refractivity (Wildman–Crippen MR) is 51.9 cm³/mol. The standard InChI is InChI=1S/C9H12ClFN2/c1-13(2)12-6-7-4-3-5-8(10)9(7)11/h3-5,12H,6H2,1-2H3. The van der Waals surface area contributed by atoms with E-state index in [4.69, 9.17) is 11.6 Å². The molecule has 13 heavy (non-hydrogen) atoms. The highest BCUT2D eigenvalue weighted by atomic mass is 35.5. The van der Waals surface area contributed by atoms with Crippen molar-refractivity contribution in [3.63, 3.8) is 0 Å². The maximum atomic E-state index is 13.3. The molecule has 1 rings (SSSR count). The summed E-state index contributed by atoms with van der Waals surface area (Å²) in [5, 5.41) is 1.93. The van der Waals surface area contributed by atoms with Gasteiger partial charge in [-0.2, -0.15) is 0 Å². The largest absolute Gasteiger partial charge is 0.251 e. The minimum atomic E-state index is -0.349. The van der Waals surface area contributed by atoms with Crippen molar-refractivity contribution in [1.29, 1.82) is 0 Å². The SMILES string of the molecule is CN(C)NCc1cccc(Cl)c1F. The van der Waals surface area contributed by atoms with Crippen molar-refractivity contribution in [3.8, 4) is 0 Å². The second-order valence-corrected chi connectivity index (χ2v) is 3.35. The average Bonchev–Trinajstić information content (AvgIpc) is 2.07. The number of nitrogens with one attached hydrogen (secondary N) is 1. The molecule has 0 spiro atoms. The van der Waals surface area contributed by atoms with E-state index in [1.165, 1.54) is 6.07 Å². The third kappa shape index (κ3) is 2.95. The summed E-state index contributed by atoms with van der Waals surface area (Å²) in [6, 6.07) is 4.98. The summed E-state index contributed by atoms with van der Waals surface area (Å²) in [6.45, 7) is 0.444. The van der Waals surface area contributed by atoms with Gasteiger partial charge in [-0.3, -0.25) is 10.4 Å². The lowest BCUT2D eigenvalue weighted by atomic mass is 10.2. The third-order valence-corrected chi connectivity index (χ3v) is 1.91. The minimum absolute atomic E-state index is 0.165. The highest BCUT2D eigenvalue weighted by Crippen LogP contribution is 2.17. The average molecular weight is 203 g/mol. The van der Waals surface area contributed by atoms with Crippen molar-refractivity contribution in [1.82, 2.24) is 10.4 Å². The Morgan fingerprint density at radius 3 is 2.77 bits per heavy atom. The third-order valence-electron chi connectivity index (χ3n) is 1.62. The molecular weight excluding hydrogens is 191 g/mol. The van der Waals surface area contributed by atoms with E-state index in [-0.39, 0.29) is 10.8 Å². The van der Waals surface area contributed by atoms with Gasteiger partial charge in [-0.25, -0.2) is 4.39 Å². The maximum Gasteiger partial charge on any atom is 0.146 e. The second-order valence-electron chi connectivity index (χ2n) is 2.94. The van der Waals surface area contributed by atoms with Gasteiger partial charge in [0.15, 0.2) is 0 Å². The van der Waals surface area contributed by atoms with Crippen molar-refractivity contribution in [2.24, 2.45) is 0 Å². The molecule has 0 bridgehead atoms. The van der Waals surface area contributed by atoms with Crippen molar-refractivity contribution in [2.75, 3.05) is 14.1 Å².